The first kappa shape index (κ1) is 13.1. The zero-order chi connectivity index (χ0) is 12.8. The van der Waals surface area contributed by atoms with E-state index in [4.69, 9.17) is 5.11 Å². The van der Waals surface area contributed by atoms with E-state index in [1.54, 1.807) is 0 Å². The number of hydrogen-bond donors (Lipinski definition) is 2. The van der Waals surface area contributed by atoms with Crippen molar-refractivity contribution in [2.75, 3.05) is 6.61 Å². The van der Waals surface area contributed by atoms with Crippen molar-refractivity contribution < 1.29 is 15.1 Å². The average molecular weight is 238 g/mol. The van der Waals surface area contributed by atoms with Gasteiger partial charge in [-0.15, -0.1) is 0 Å². The van der Waals surface area contributed by atoms with Crippen molar-refractivity contribution in [3.05, 3.63) is 33.9 Å². The molecule has 2 N–H and O–H groups in total. The van der Waals surface area contributed by atoms with Gasteiger partial charge in [-0.3, -0.25) is 15.1 Å². The topological polar surface area (TPSA) is 96.0 Å². The minimum absolute atomic E-state index is 0.0946. The predicted octanol–water partition coefficient (Wildman–Crippen LogP) is 1.49. The number of aliphatic hydroxyl groups is 1. The van der Waals surface area contributed by atoms with Crippen molar-refractivity contribution in [1.82, 2.24) is 0 Å². The van der Waals surface area contributed by atoms with Crippen LogP contribution >= 0.6 is 0 Å². The molecule has 0 aliphatic carbocycles. The highest BCUT2D eigenvalue weighted by atomic mass is 16.6. The summed E-state index contributed by atoms with van der Waals surface area (Å²) in [7, 11) is 0. The van der Waals surface area contributed by atoms with Crippen molar-refractivity contribution in [3.8, 4) is 5.75 Å². The zero-order valence-corrected chi connectivity index (χ0v) is 9.41. The summed E-state index contributed by atoms with van der Waals surface area (Å²) in [6.07, 6.45) is 2.00. The van der Waals surface area contributed by atoms with Gasteiger partial charge in [0, 0.05) is 17.8 Å². The maximum absolute atomic E-state index is 10.6. The minimum Gasteiger partial charge on any atom is -0.502 e. The van der Waals surface area contributed by atoms with Crippen LogP contribution in [0, 0.1) is 10.1 Å². The van der Waals surface area contributed by atoms with Crippen molar-refractivity contribution >= 4 is 11.9 Å². The molecule has 6 nitrogen and oxygen atoms in total. The van der Waals surface area contributed by atoms with Crippen molar-refractivity contribution in [3.63, 3.8) is 0 Å². The largest absolute Gasteiger partial charge is 0.502 e. The number of para-hydroxylation sites is 1. The number of hydrogen-bond acceptors (Lipinski definition) is 5. The highest BCUT2D eigenvalue weighted by Gasteiger charge is 2.15. The quantitative estimate of drug-likeness (QED) is 0.461. The monoisotopic (exact) mass is 238 g/mol. The summed E-state index contributed by atoms with van der Waals surface area (Å²) in [5.41, 5.74) is -0.0860. The number of phenolic OH excluding ortho intramolecular Hbond substituents is 1. The van der Waals surface area contributed by atoms with Crippen LogP contribution in [0.15, 0.2) is 23.2 Å². The Balaban J connectivity index is 2.99. The summed E-state index contributed by atoms with van der Waals surface area (Å²) >= 11 is 0. The third-order valence-electron chi connectivity index (χ3n) is 2.35. The van der Waals surface area contributed by atoms with Gasteiger partial charge in [-0.25, -0.2) is 0 Å². The smallest absolute Gasteiger partial charge is 0.311 e. The zero-order valence-electron chi connectivity index (χ0n) is 9.41. The lowest BCUT2D eigenvalue weighted by molar-refractivity contribution is -0.385. The Bertz CT molecular complexity index is 427. The number of nitro benzene ring substituents is 1. The summed E-state index contributed by atoms with van der Waals surface area (Å²) in [5.74, 6) is -0.408. The lowest BCUT2D eigenvalue weighted by Gasteiger charge is -2.05. The second kappa shape index (κ2) is 5.95. The number of rotatable bonds is 5. The molecule has 0 saturated heterocycles. The highest BCUT2D eigenvalue weighted by molar-refractivity contribution is 5.85. The van der Waals surface area contributed by atoms with E-state index in [2.05, 4.69) is 4.99 Å². The molecule has 0 fully saturated rings. The van der Waals surface area contributed by atoms with E-state index < -0.39 is 10.7 Å². The van der Waals surface area contributed by atoms with Crippen LogP contribution in [0.2, 0.25) is 0 Å². The summed E-state index contributed by atoms with van der Waals surface area (Å²) in [6, 6.07) is 3.96. The number of aromatic hydroxyl groups is 1. The molecule has 17 heavy (non-hydrogen) atoms. The average Bonchev–Trinajstić information content (AvgIpc) is 2.32. The van der Waals surface area contributed by atoms with Crippen molar-refractivity contribution in [2.24, 2.45) is 4.99 Å². The Morgan fingerprint density at radius 1 is 1.59 bits per heavy atom. The summed E-state index contributed by atoms with van der Waals surface area (Å²) in [4.78, 5) is 14.0. The molecule has 1 atom stereocenters. The number of aliphatic imine (C=N–C) groups is 1. The highest BCUT2D eigenvalue weighted by Crippen LogP contribution is 2.28. The van der Waals surface area contributed by atoms with Crippen LogP contribution < -0.4 is 0 Å². The number of phenols is 1. The summed E-state index contributed by atoms with van der Waals surface area (Å²) < 4.78 is 0. The van der Waals surface area contributed by atoms with Gasteiger partial charge in [0.25, 0.3) is 0 Å². The van der Waals surface area contributed by atoms with E-state index in [0.717, 1.165) is 0 Å². The Hall–Kier alpha value is -1.95. The fourth-order valence-electron chi connectivity index (χ4n) is 1.27. The van der Waals surface area contributed by atoms with Gasteiger partial charge in [0.2, 0.25) is 5.75 Å². The molecule has 0 spiro atoms. The van der Waals surface area contributed by atoms with Crippen LogP contribution in [-0.2, 0) is 0 Å². The van der Waals surface area contributed by atoms with E-state index in [1.165, 1.54) is 24.4 Å². The first-order valence-corrected chi connectivity index (χ1v) is 5.20. The van der Waals surface area contributed by atoms with Crippen LogP contribution in [0.4, 0.5) is 5.69 Å². The Labute approximate surface area is 98.4 Å². The van der Waals surface area contributed by atoms with E-state index in [9.17, 15) is 15.2 Å². The first-order valence-electron chi connectivity index (χ1n) is 5.20. The normalized spacial score (nSPS) is 12.8. The molecule has 0 aromatic heterocycles. The molecular weight excluding hydrogens is 224 g/mol. The molecule has 0 radical (unpaired) electrons. The van der Waals surface area contributed by atoms with Gasteiger partial charge in [0.15, 0.2) is 0 Å². The Morgan fingerprint density at radius 2 is 2.29 bits per heavy atom. The molecule has 0 unspecified atom stereocenters. The van der Waals surface area contributed by atoms with Gasteiger partial charge < -0.3 is 10.2 Å². The molecule has 1 aromatic rings. The molecule has 6 heteroatoms. The van der Waals surface area contributed by atoms with Gasteiger partial charge in [0.05, 0.1) is 17.6 Å². The molecule has 0 saturated carbocycles. The van der Waals surface area contributed by atoms with Gasteiger partial charge >= 0.3 is 5.69 Å². The van der Waals surface area contributed by atoms with E-state index in [1.807, 2.05) is 6.92 Å². The lowest BCUT2D eigenvalue weighted by Crippen LogP contribution is -2.08. The Morgan fingerprint density at radius 3 is 2.82 bits per heavy atom. The second-order valence-corrected chi connectivity index (χ2v) is 3.49. The molecule has 92 valence electrons. The number of benzene rings is 1. The molecule has 1 aromatic carbocycles. The number of aliphatic hydroxyl groups excluding tert-OH is 1. The van der Waals surface area contributed by atoms with Crippen molar-refractivity contribution in [1.29, 1.82) is 0 Å². The standard InChI is InChI=1S/C11H14N2O4/c1-2-9(7-14)12-6-8-4-3-5-10(11(8)15)13(16)17/h3-6,9,14-15H,2,7H2,1H3/t9-/m1/s1. The van der Waals surface area contributed by atoms with Gasteiger partial charge in [-0.05, 0) is 12.5 Å². The van der Waals surface area contributed by atoms with Gasteiger partial charge in [-0.1, -0.05) is 13.0 Å². The van der Waals surface area contributed by atoms with Crippen LogP contribution in [0.3, 0.4) is 0 Å². The molecular formula is C11H14N2O4. The molecule has 0 bridgehead atoms. The second-order valence-electron chi connectivity index (χ2n) is 3.49. The first-order chi connectivity index (χ1) is 8.10. The van der Waals surface area contributed by atoms with Crippen LogP contribution in [0.5, 0.6) is 5.75 Å². The summed E-state index contributed by atoms with van der Waals surface area (Å²) in [6.45, 7) is 1.77. The fraction of sp³-hybridized carbons (Fsp3) is 0.364. The van der Waals surface area contributed by atoms with Crippen LogP contribution in [0.1, 0.15) is 18.9 Å². The van der Waals surface area contributed by atoms with Gasteiger partial charge in [0.1, 0.15) is 0 Å². The SMILES string of the molecule is CC[C@H](CO)N=Cc1cccc([N+](=O)[O-])c1O. The van der Waals surface area contributed by atoms with Crippen LogP contribution in [0.25, 0.3) is 0 Å². The van der Waals surface area contributed by atoms with E-state index in [0.29, 0.717) is 6.42 Å². The molecule has 0 aliphatic rings. The minimum atomic E-state index is -0.657. The Kier molecular flexibility index (Phi) is 4.59. The van der Waals surface area contributed by atoms with Crippen LogP contribution in [-0.4, -0.2) is 34.0 Å². The van der Waals surface area contributed by atoms with E-state index >= 15 is 0 Å². The number of nitrogens with zero attached hydrogens (tertiary/aromatic N) is 2. The van der Waals surface area contributed by atoms with Gasteiger partial charge in [-0.2, -0.15) is 0 Å². The van der Waals surface area contributed by atoms with E-state index in [-0.39, 0.29) is 23.9 Å². The maximum atomic E-state index is 10.6. The predicted molar refractivity (Wildman–Crippen MR) is 63.5 cm³/mol. The fourth-order valence-corrected chi connectivity index (χ4v) is 1.27. The third-order valence-corrected chi connectivity index (χ3v) is 2.35. The molecule has 1 rings (SSSR count). The molecule has 0 aliphatic heterocycles. The lowest BCUT2D eigenvalue weighted by atomic mass is 10.2. The molecule has 0 heterocycles. The third kappa shape index (κ3) is 3.25. The maximum Gasteiger partial charge on any atom is 0.311 e. The molecule has 0 amide bonds. The summed E-state index contributed by atoms with van der Waals surface area (Å²) in [5, 5.41) is 29.1. The number of nitro groups is 1. The van der Waals surface area contributed by atoms with Crippen molar-refractivity contribution in [2.45, 2.75) is 19.4 Å².